The van der Waals surface area contributed by atoms with Crippen molar-refractivity contribution in [1.82, 2.24) is 0 Å². The first kappa shape index (κ1) is 36.4. The first-order chi connectivity index (χ1) is 21.9. The summed E-state index contributed by atoms with van der Waals surface area (Å²) in [4.78, 5) is 25.1. The van der Waals surface area contributed by atoms with E-state index in [9.17, 15) is 9.59 Å². The minimum Gasteiger partial charge on any atom is -0.488 e. The maximum Gasteiger partial charge on any atom is 0.306 e. The Morgan fingerprint density at radius 3 is 1.56 bits per heavy atom. The van der Waals surface area contributed by atoms with Gasteiger partial charge in [-0.25, -0.2) is 0 Å². The van der Waals surface area contributed by atoms with Gasteiger partial charge in [-0.05, 0) is 44.9 Å². The number of hydrogen-bond acceptors (Lipinski definition) is 8. The summed E-state index contributed by atoms with van der Waals surface area (Å²) < 4.78 is 35.6. The average Bonchev–Trinajstić information content (AvgIpc) is 3.03. The molecule has 0 heterocycles. The van der Waals surface area contributed by atoms with Crippen molar-refractivity contribution in [2.45, 2.75) is 91.3 Å². The second-order valence-corrected chi connectivity index (χ2v) is 11.4. The first-order valence-corrected chi connectivity index (χ1v) is 16.7. The lowest BCUT2D eigenvalue weighted by Crippen LogP contribution is -2.30. The summed E-state index contributed by atoms with van der Waals surface area (Å²) in [5.41, 5.74) is 0. The van der Waals surface area contributed by atoms with Crippen LogP contribution >= 0.6 is 11.6 Å². The third kappa shape index (κ3) is 11.7. The van der Waals surface area contributed by atoms with Crippen LogP contribution < -0.4 is 9.47 Å². The Labute approximate surface area is 272 Å². The molecule has 248 valence electrons. The number of hydrogen-bond donors (Lipinski definition) is 0. The van der Waals surface area contributed by atoms with Gasteiger partial charge < -0.3 is 28.4 Å². The lowest BCUT2D eigenvalue weighted by Gasteiger charge is -2.23. The molecule has 45 heavy (non-hydrogen) atoms. The quantitative estimate of drug-likeness (QED) is 0.0611. The van der Waals surface area contributed by atoms with Crippen molar-refractivity contribution in [3.8, 4) is 11.5 Å². The molecule has 0 saturated carbocycles. The minimum absolute atomic E-state index is 0.107. The number of ether oxygens (including phenoxy) is 6. The van der Waals surface area contributed by atoms with E-state index in [0.717, 1.165) is 60.1 Å². The number of halogens is 1. The molecule has 2 atom stereocenters. The van der Waals surface area contributed by atoms with Gasteiger partial charge in [0.05, 0.1) is 13.2 Å². The predicted molar refractivity (Wildman–Crippen MR) is 178 cm³/mol. The van der Waals surface area contributed by atoms with Crippen LogP contribution in [0.5, 0.6) is 11.5 Å². The molecule has 0 aromatic heterocycles. The summed E-state index contributed by atoms with van der Waals surface area (Å²) in [6.07, 6.45) is 5.17. The molecule has 9 heteroatoms. The average molecular weight is 645 g/mol. The topological polar surface area (TPSA) is 89.5 Å². The fourth-order valence-electron chi connectivity index (χ4n) is 4.99. The molecule has 0 amide bonds. The number of fused-ring (bicyclic) bond motifs is 2. The van der Waals surface area contributed by atoms with E-state index in [1.54, 1.807) is 6.07 Å². The molecule has 0 fully saturated rings. The number of unbranched alkanes of at least 4 members (excludes halogenated alkanes) is 4. The fourth-order valence-corrected chi connectivity index (χ4v) is 5.17. The van der Waals surface area contributed by atoms with E-state index in [0.29, 0.717) is 42.6 Å². The molecule has 3 aromatic carbocycles. The lowest BCUT2D eigenvalue weighted by molar-refractivity contribution is -0.155. The largest absolute Gasteiger partial charge is 0.488 e. The number of rotatable bonds is 22. The summed E-state index contributed by atoms with van der Waals surface area (Å²) in [7, 11) is 0. The number of benzene rings is 3. The fraction of sp³-hybridized carbons (Fsp3) is 0.556. The van der Waals surface area contributed by atoms with Crippen LogP contribution in [0.2, 0.25) is 5.02 Å². The Morgan fingerprint density at radius 1 is 0.622 bits per heavy atom. The molecule has 3 aromatic rings. The maximum absolute atomic E-state index is 12.5. The summed E-state index contributed by atoms with van der Waals surface area (Å²) in [5.74, 6) is 0.717. The molecular weight excluding hydrogens is 596 g/mol. The number of carbonyl (C=O) groups is 2. The summed E-state index contributed by atoms with van der Waals surface area (Å²) in [6, 6.07) is 13.3. The van der Waals surface area contributed by atoms with Crippen LogP contribution in [0, 0.1) is 0 Å². The second-order valence-electron chi connectivity index (χ2n) is 11.0. The van der Waals surface area contributed by atoms with Crippen molar-refractivity contribution in [2.24, 2.45) is 0 Å². The molecule has 0 radical (unpaired) electrons. The van der Waals surface area contributed by atoms with Gasteiger partial charge in [-0.1, -0.05) is 75.4 Å². The molecule has 0 bridgehead atoms. The molecule has 0 aliphatic rings. The van der Waals surface area contributed by atoms with Crippen LogP contribution in [0.15, 0.2) is 42.5 Å². The standard InChI is InChI=1S/C36H49ClO8/c1-5-9-11-17-33(38)44-27(22-40-7-3)24-42-35-29-15-13-14-16-30(29)36(32-21-26(37)19-20-31(32)35)43-25-28(23-41-8-4)45-34(39)18-12-10-6-2/h13-16,19-21,27-28H,5-12,17-18,22-25H2,1-4H3. The van der Waals surface area contributed by atoms with Crippen molar-refractivity contribution in [1.29, 1.82) is 0 Å². The molecule has 0 aliphatic carbocycles. The monoisotopic (exact) mass is 644 g/mol. The molecule has 0 aliphatic heterocycles. The highest BCUT2D eigenvalue weighted by Gasteiger charge is 2.22. The Kier molecular flexibility index (Phi) is 16.3. The highest BCUT2D eigenvalue weighted by Crippen LogP contribution is 2.43. The van der Waals surface area contributed by atoms with Gasteiger partial charge >= 0.3 is 11.9 Å². The van der Waals surface area contributed by atoms with Gasteiger partial charge in [0.2, 0.25) is 0 Å². The third-order valence-electron chi connectivity index (χ3n) is 7.30. The van der Waals surface area contributed by atoms with Gasteiger partial charge in [0.1, 0.15) is 24.7 Å². The molecule has 0 spiro atoms. The van der Waals surface area contributed by atoms with Crippen LogP contribution in [0.4, 0.5) is 0 Å². The Hall–Kier alpha value is -3.07. The minimum atomic E-state index is -0.575. The molecule has 8 nitrogen and oxygen atoms in total. The van der Waals surface area contributed by atoms with Gasteiger partial charge in [0.25, 0.3) is 0 Å². The maximum atomic E-state index is 12.5. The van der Waals surface area contributed by atoms with Gasteiger partial charge in [-0.3, -0.25) is 9.59 Å². The summed E-state index contributed by atoms with van der Waals surface area (Å²) >= 11 is 6.49. The highest BCUT2D eigenvalue weighted by atomic mass is 35.5. The summed E-state index contributed by atoms with van der Waals surface area (Å²) in [6.45, 7) is 9.67. The molecule has 0 N–H and O–H groups in total. The first-order valence-electron chi connectivity index (χ1n) is 16.4. The van der Waals surface area contributed by atoms with Gasteiger partial charge in [0, 0.05) is 52.6 Å². The van der Waals surface area contributed by atoms with Gasteiger partial charge in [-0.2, -0.15) is 0 Å². The van der Waals surface area contributed by atoms with Crippen LogP contribution in [-0.2, 0) is 28.5 Å². The van der Waals surface area contributed by atoms with Crippen molar-refractivity contribution in [2.75, 3.05) is 39.6 Å². The smallest absolute Gasteiger partial charge is 0.306 e. The van der Waals surface area contributed by atoms with Crippen molar-refractivity contribution >= 4 is 45.1 Å². The molecule has 3 rings (SSSR count). The van der Waals surface area contributed by atoms with Gasteiger partial charge in [-0.15, -0.1) is 0 Å². The zero-order chi connectivity index (χ0) is 32.4. The van der Waals surface area contributed by atoms with Crippen LogP contribution in [0.1, 0.15) is 79.1 Å². The van der Waals surface area contributed by atoms with Gasteiger partial charge in [0.15, 0.2) is 12.2 Å². The van der Waals surface area contributed by atoms with E-state index in [2.05, 4.69) is 13.8 Å². The van der Waals surface area contributed by atoms with E-state index in [4.69, 9.17) is 40.0 Å². The Balaban J connectivity index is 1.90. The zero-order valence-electron chi connectivity index (χ0n) is 27.2. The number of carbonyl (C=O) groups excluding carboxylic acids is 2. The zero-order valence-corrected chi connectivity index (χ0v) is 28.0. The second kappa shape index (κ2) is 20.1. The molecular formula is C36H49ClO8. The molecule has 0 saturated heterocycles. The van der Waals surface area contributed by atoms with E-state index in [-0.39, 0.29) is 38.4 Å². The number of esters is 2. The van der Waals surface area contributed by atoms with Crippen LogP contribution in [0.3, 0.4) is 0 Å². The van der Waals surface area contributed by atoms with E-state index in [1.807, 2.05) is 50.2 Å². The highest BCUT2D eigenvalue weighted by molar-refractivity contribution is 6.31. The third-order valence-corrected chi connectivity index (χ3v) is 7.53. The van der Waals surface area contributed by atoms with Crippen molar-refractivity contribution in [3.05, 3.63) is 47.5 Å². The van der Waals surface area contributed by atoms with Crippen LogP contribution in [-0.4, -0.2) is 63.8 Å². The SMILES string of the molecule is CCCCCC(=O)OC(COCC)COc1c2ccccc2c(OCC(COCC)OC(=O)CCCCC)c2cc(Cl)ccc12. The summed E-state index contributed by atoms with van der Waals surface area (Å²) in [5, 5.41) is 3.71. The predicted octanol–water partition coefficient (Wildman–Crippen LogP) is 8.46. The lowest BCUT2D eigenvalue weighted by atomic mass is 10.0. The normalized spacial score (nSPS) is 12.6. The Bertz CT molecular complexity index is 1340. The Morgan fingerprint density at radius 2 is 1.09 bits per heavy atom. The van der Waals surface area contributed by atoms with E-state index in [1.165, 1.54) is 0 Å². The van der Waals surface area contributed by atoms with E-state index >= 15 is 0 Å². The molecule has 2 unspecified atom stereocenters. The van der Waals surface area contributed by atoms with Crippen molar-refractivity contribution < 1.29 is 38.0 Å². The van der Waals surface area contributed by atoms with E-state index < -0.39 is 12.2 Å². The van der Waals surface area contributed by atoms with Crippen molar-refractivity contribution in [3.63, 3.8) is 0 Å². The van der Waals surface area contributed by atoms with Crippen LogP contribution in [0.25, 0.3) is 21.5 Å².